The number of carbonyl (C=O) groups excluding carboxylic acids is 1. The van der Waals surface area contributed by atoms with E-state index in [0.29, 0.717) is 13.1 Å². The second-order valence-electron chi connectivity index (χ2n) is 7.91. The van der Waals surface area contributed by atoms with E-state index in [2.05, 4.69) is 62.9 Å². The van der Waals surface area contributed by atoms with Crippen LogP contribution in [-0.2, 0) is 0 Å². The summed E-state index contributed by atoms with van der Waals surface area (Å²) >= 11 is 10.8. The molecule has 2 fully saturated rings. The van der Waals surface area contributed by atoms with E-state index in [9.17, 15) is 4.79 Å². The fourth-order valence-electron chi connectivity index (χ4n) is 4.17. The Morgan fingerprint density at radius 3 is 1.97 bits per heavy atom. The average Bonchev–Trinajstić information content (AvgIpc) is 3.37. The van der Waals surface area contributed by atoms with Crippen molar-refractivity contribution in [2.24, 2.45) is 0 Å². The summed E-state index contributed by atoms with van der Waals surface area (Å²) in [7, 11) is 0. The number of amides is 2. The van der Waals surface area contributed by atoms with Gasteiger partial charge < -0.3 is 15.1 Å². The van der Waals surface area contributed by atoms with Gasteiger partial charge in [0.25, 0.3) is 0 Å². The Balaban J connectivity index is 1.58. The van der Waals surface area contributed by atoms with E-state index in [1.165, 1.54) is 51.9 Å². The predicted molar refractivity (Wildman–Crippen MR) is 131 cm³/mol. The van der Waals surface area contributed by atoms with Crippen molar-refractivity contribution < 1.29 is 4.79 Å². The minimum atomic E-state index is -0.0171. The minimum Gasteiger partial charge on any atom is -0.338 e. The third-order valence-electron chi connectivity index (χ3n) is 5.68. The van der Waals surface area contributed by atoms with Gasteiger partial charge in [0, 0.05) is 26.5 Å². The Morgan fingerprint density at radius 2 is 1.41 bits per heavy atom. The number of anilines is 1. The lowest BCUT2D eigenvalue weighted by atomic mass is 10.2. The van der Waals surface area contributed by atoms with Gasteiger partial charge in [-0.2, -0.15) is 0 Å². The van der Waals surface area contributed by atoms with Gasteiger partial charge in [-0.05, 0) is 122 Å². The molecule has 0 bridgehead atoms. The van der Waals surface area contributed by atoms with Gasteiger partial charge in [-0.25, -0.2) is 4.79 Å². The summed E-state index contributed by atoms with van der Waals surface area (Å²) in [4.78, 5) is 20.0. The van der Waals surface area contributed by atoms with Crippen molar-refractivity contribution in [1.82, 2.24) is 15.1 Å². The fourth-order valence-corrected chi connectivity index (χ4v) is 6.85. The summed E-state index contributed by atoms with van der Waals surface area (Å²) < 4.78 is 2.79. The third-order valence-corrected chi connectivity index (χ3v) is 7.34. The Hall–Kier alpha value is -0.150. The summed E-state index contributed by atoms with van der Waals surface area (Å²) in [5, 5.41) is 3.15. The predicted octanol–water partition coefficient (Wildman–Crippen LogP) is 5.46. The normalized spacial score (nSPS) is 17.8. The largest absolute Gasteiger partial charge is 0.338 e. The lowest BCUT2D eigenvalue weighted by Gasteiger charge is -2.27. The number of likely N-dealkylation sites (tertiary alicyclic amines) is 2. The van der Waals surface area contributed by atoms with E-state index < -0.39 is 0 Å². The molecule has 162 valence electrons. The van der Waals surface area contributed by atoms with Gasteiger partial charge in [0.2, 0.25) is 0 Å². The molecule has 0 atom stereocenters. The monoisotopic (exact) mass is 592 g/mol. The molecule has 2 amide bonds. The number of carbonyl (C=O) groups is 1. The maximum atomic E-state index is 13.1. The van der Waals surface area contributed by atoms with Crippen LogP contribution in [-0.4, -0.2) is 68.2 Å². The molecular weight excluding hydrogens is 564 g/mol. The lowest BCUT2D eigenvalue weighted by molar-refractivity contribution is 0.244. The molecule has 3 rings (SSSR count). The molecule has 2 heterocycles. The van der Waals surface area contributed by atoms with Gasteiger partial charge >= 0.3 is 6.03 Å². The van der Waals surface area contributed by atoms with Gasteiger partial charge in [-0.15, -0.1) is 0 Å². The van der Waals surface area contributed by atoms with Gasteiger partial charge in [0.1, 0.15) is 0 Å². The Bertz CT molecular complexity index is 653. The van der Waals surface area contributed by atoms with Crippen LogP contribution in [0.1, 0.15) is 38.5 Å². The van der Waals surface area contributed by atoms with Crippen LogP contribution in [0.2, 0.25) is 0 Å². The van der Waals surface area contributed by atoms with Gasteiger partial charge in [0.05, 0.1) is 5.69 Å². The van der Waals surface area contributed by atoms with Crippen LogP contribution in [0.5, 0.6) is 0 Å². The SMILES string of the molecule is O=C(NCCCN1CCCC1)N(CCCN1CCCC1)c1c(Br)cc(Br)cc1Br. The van der Waals surface area contributed by atoms with E-state index in [4.69, 9.17) is 0 Å². The van der Waals surface area contributed by atoms with Crippen LogP contribution in [0.4, 0.5) is 10.5 Å². The molecule has 0 aliphatic carbocycles. The van der Waals surface area contributed by atoms with Crippen molar-refractivity contribution >= 4 is 59.5 Å². The van der Waals surface area contributed by atoms with Gasteiger partial charge in [0.15, 0.2) is 0 Å². The molecule has 0 radical (unpaired) electrons. The number of rotatable bonds is 9. The Labute approximate surface area is 199 Å². The second kappa shape index (κ2) is 12.0. The van der Waals surface area contributed by atoms with E-state index >= 15 is 0 Å². The first-order chi connectivity index (χ1) is 14.0. The molecule has 1 N–H and O–H groups in total. The molecule has 0 aromatic heterocycles. The number of urea groups is 1. The smallest absolute Gasteiger partial charge is 0.321 e. The van der Waals surface area contributed by atoms with Crippen molar-refractivity contribution in [3.05, 3.63) is 25.6 Å². The highest BCUT2D eigenvalue weighted by Gasteiger charge is 2.22. The van der Waals surface area contributed by atoms with Crippen molar-refractivity contribution in [2.45, 2.75) is 38.5 Å². The molecule has 29 heavy (non-hydrogen) atoms. The zero-order valence-corrected chi connectivity index (χ0v) is 21.7. The molecule has 0 spiro atoms. The lowest BCUT2D eigenvalue weighted by Crippen LogP contribution is -2.42. The zero-order valence-electron chi connectivity index (χ0n) is 16.9. The molecule has 0 unspecified atom stereocenters. The summed E-state index contributed by atoms with van der Waals surface area (Å²) in [5.41, 5.74) is 0.895. The van der Waals surface area contributed by atoms with Crippen LogP contribution in [0, 0.1) is 0 Å². The minimum absolute atomic E-state index is 0.0171. The standard InChI is InChI=1S/C21H31Br3N4O/c22-17-15-18(23)20(19(24)16-17)28(14-6-13-27-10-3-4-11-27)21(29)25-7-5-12-26-8-1-2-9-26/h15-16H,1-14H2,(H,25,29). The molecule has 2 saturated heterocycles. The topological polar surface area (TPSA) is 38.8 Å². The highest BCUT2D eigenvalue weighted by Crippen LogP contribution is 2.37. The number of nitrogens with zero attached hydrogens (tertiary/aromatic N) is 3. The summed E-state index contributed by atoms with van der Waals surface area (Å²) in [5.74, 6) is 0. The van der Waals surface area contributed by atoms with Crippen LogP contribution in [0.25, 0.3) is 0 Å². The molecular formula is C21H31Br3N4O. The molecule has 2 aliphatic heterocycles. The van der Waals surface area contributed by atoms with E-state index in [0.717, 1.165) is 45.0 Å². The highest BCUT2D eigenvalue weighted by molar-refractivity contribution is 9.11. The van der Waals surface area contributed by atoms with Crippen molar-refractivity contribution in [3.8, 4) is 0 Å². The first-order valence-corrected chi connectivity index (χ1v) is 13.1. The number of halogens is 3. The quantitative estimate of drug-likeness (QED) is 0.386. The summed E-state index contributed by atoms with van der Waals surface area (Å²) in [6, 6.07) is 3.97. The van der Waals surface area contributed by atoms with Crippen molar-refractivity contribution in [2.75, 3.05) is 57.3 Å². The first-order valence-electron chi connectivity index (χ1n) is 10.7. The van der Waals surface area contributed by atoms with E-state index in [1.807, 2.05) is 17.0 Å². The van der Waals surface area contributed by atoms with E-state index in [-0.39, 0.29) is 6.03 Å². The Kier molecular flexibility index (Phi) is 9.75. The fraction of sp³-hybridized carbons (Fsp3) is 0.667. The number of nitrogens with one attached hydrogen (secondary N) is 1. The van der Waals surface area contributed by atoms with E-state index in [1.54, 1.807) is 0 Å². The van der Waals surface area contributed by atoms with Crippen LogP contribution in [0.3, 0.4) is 0 Å². The molecule has 5 nitrogen and oxygen atoms in total. The maximum Gasteiger partial charge on any atom is 0.321 e. The van der Waals surface area contributed by atoms with Crippen molar-refractivity contribution in [3.63, 3.8) is 0 Å². The Morgan fingerprint density at radius 1 is 0.897 bits per heavy atom. The zero-order chi connectivity index (χ0) is 20.6. The first kappa shape index (κ1) is 23.5. The maximum absolute atomic E-state index is 13.1. The summed E-state index contributed by atoms with van der Waals surface area (Å²) in [6.07, 6.45) is 7.17. The molecule has 2 aliphatic rings. The molecule has 8 heteroatoms. The second-order valence-corrected chi connectivity index (χ2v) is 10.5. The van der Waals surface area contributed by atoms with Crippen LogP contribution >= 0.6 is 47.8 Å². The molecule has 1 aromatic carbocycles. The highest BCUT2D eigenvalue weighted by atomic mass is 79.9. The average molecular weight is 595 g/mol. The number of benzene rings is 1. The van der Waals surface area contributed by atoms with Crippen LogP contribution < -0.4 is 10.2 Å². The molecule has 1 aromatic rings. The molecule has 0 saturated carbocycles. The van der Waals surface area contributed by atoms with Gasteiger partial charge in [-0.3, -0.25) is 4.90 Å². The summed E-state index contributed by atoms with van der Waals surface area (Å²) in [6.45, 7) is 8.32. The number of hydrogen-bond acceptors (Lipinski definition) is 3. The van der Waals surface area contributed by atoms with Gasteiger partial charge in [-0.1, -0.05) is 15.9 Å². The van der Waals surface area contributed by atoms with Crippen LogP contribution in [0.15, 0.2) is 25.6 Å². The third kappa shape index (κ3) is 7.20. The number of hydrogen-bond donors (Lipinski definition) is 1. The van der Waals surface area contributed by atoms with Crippen molar-refractivity contribution in [1.29, 1.82) is 0 Å².